The number of ether oxygens (including phenoxy) is 2. The van der Waals surface area contributed by atoms with Crippen molar-refractivity contribution in [1.82, 2.24) is 5.32 Å². The number of nitrogens with one attached hydrogen (secondary N) is 1. The third-order valence-corrected chi connectivity index (χ3v) is 3.72. The average Bonchev–Trinajstić information content (AvgIpc) is 2.46. The molecule has 1 N–H and O–H groups in total. The summed E-state index contributed by atoms with van der Waals surface area (Å²) >= 11 is 0. The second-order valence-corrected chi connectivity index (χ2v) is 5.01. The van der Waals surface area contributed by atoms with Gasteiger partial charge in [0.1, 0.15) is 5.75 Å². The Morgan fingerprint density at radius 2 is 2.26 bits per heavy atom. The largest absolute Gasteiger partial charge is 0.497 e. The Kier molecular flexibility index (Phi) is 5.67. The Balaban J connectivity index is 1.90. The summed E-state index contributed by atoms with van der Waals surface area (Å²) in [4.78, 5) is 0. The molecule has 0 heterocycles. The Morgan fingerprint density at radius 1 is 1.37 bits per heavy atom. The zero-order valence-corrected chi connectivity index (χ0v) is 12.1. The molecule has 1 atom stereocenters. The fraction of sp³-hybridized carbons (Fsp3) is 0.625. The highest BCUT2D eigenvalue weighted by Gasteiger charge is 2.19. The van der Waals surface area contributed by atoms with Crippen molar-refractivity contribution < 1.29 is 9.47 Å². The van der Waals surface area contributed by atoms with E-state index in [1.165, 1.54) is 30.4 Å². The monoisotopic (exact) mass is 263 g/mol. The van der Waals surface area contributed by atoms with Gasteiger partial charge >= 0.3 is 0 Å². The quantitative estimate of drug-likeness (QED) is 0.767. The Morgan fingerprint density at radius 3 is 3.05 bits per heavy atom. The Bertz CT molecular complexity index is 392. The normalized spacial score (nSPS) is 18.1. The molecule has 0 aromatic heterocycles. The lowest BCUT2D eigenvalue weighted by molar-refractivity contribution is 0.144. The molecule has 0 spiro atoms. The van der Waals surface area contributed by atoms with Gasteiger partial charge in [-0.1, -0.05) is 6.07 Å². The van der Waals surface area contributed by atoms with Crippen LogP contribution in [0.5, 0.6) is 5.75 Å². The summed E-state index contributed by atoms with van der Waals surface area (Å²) < 4.78 is 10.7. The molecule has 1 aromatic carbocycles. The summed E-state index contributed by atoms with van der Waals surface area (Å²) in [6.45, 7) is 4.73. The first-order valence-corrected chi connectivity index (χ1v) is 7.33. The standard InChI is InChI=1S/C16H25NO2/c1-3-19-11-5-10-17-16-7-4-6-13-12-14(18-2)8-9-15(13)16/h8-9,12,16-17H,3-7,10-11H2,1-2H3. The van der Waals surface area contributed by atoms with Crippen molar-refractivity contribution in [2.75, 3.05) is 26.9 Å². The molecule has 3 heteroatoms. The van der Waals surface area contributed by atoms with Gasteiger partial charge in [0, 0.05) is 19.3 Å². The lowest BCUT2D eigenvalue weighted by Crippen LogP contribution is -2.26. The topological polar surface area (TPSA) is 30.5 Å². The minimum absolute atomic E-state index is 0.497. The molecule has 1 aliphatic rings. The van der Waals surface area contributed by atoms with Gasteiger partial charge in [-0.3, -0.25) is 0 Å². The molecule has 3 nitrogen and oxygen atoms in total. The fourth-order valence-electron chi connectivity index (χ4n) is 2.72. The highest BCUT2D eigenvalue weighted by atomic mass is 16.5. The van der Waals surface area contributed by atoms with Gasteiger partial charge < -0.3 is 14.8 Å². The van der Waals surface area contributed by atoms with Crippen molar-refractivity contribution in [3.63, 3.8) is 0 Å². The SMILES string of the molecule is CCOCCCNC1CCCc2cc(OC)ccc21. The smallest absolute Gasteiger partial charge is 0.119 e. The van der Waals surface area contributed by atoms with Crippen molar-refractivity contribution >= 4 is 0 Å². The van der Waals surface area contributed by atoms with Crippen molar-refractivity contribution in [3.05, 3.63) is 29.3 Å². The second-order valence-electron chi connectivity index (χ2n) is 5.01. The van der Waals surface area contributed by atoms with Crippen LogP contribution >= 0.6 is 0 Å². The van der Waals surface area contributed by atoms with Crippen LogP contribution < -0.4 is 10.1 Å². The van der Waals surface area contributed by atoms with Gasteiger partial charge in [0.05, 0.1) is 7.11 Å². The van der Waals surface area contributed by atoms with Gasteiger partial charge in [0.2, 0.25) is 0 Å². The maximum atomic E-state index is 5.37. The summed E-state index contributed by atoms with van der Waals surface area (Å²) in [6.07, 6.45) is 4.73. The van der Waals surface area contributed by atoms with E-state index >= 15 is 0 Å². The van der Waals surface area contributed by atoms with Crippen LogP contribution in [0.25, 0.3) is 0 Å². The molecule has 19 heavy (non-hydrogen) atoms. The molecule has 1 aliphatic carbocycles. The molecule has 0 saturated heterocycles. The first-order valence-electron chi connectivity index (χ1n) is 7.33. The highest BCUT2D eigenvalue weighted by molar-refractivity contribution is 5.39. The molecule has 0 bridgehead atoms. The molecule has 0 fully saturated rings. The maximum absolute atomic E-state index is 5.37. The summed E-state index contributed by atoms with van der Waals surface area (Å²) in [7, 11) is 1.73. The summed E-state index contributed by atoms with van der Waals surface area (Å²) in [5, 5.41) is 3.65. The van der Waals surface area contributed by atoms with Crippen molar-refractivity contribution in [3.8, 4) is 5.75 Å². The molecular formula is C16H25NO2. The van der Waals surface area contributed by atoms with E-state index in [0.717, 1.165) is 31.9 Å². The minimum Gasteiger partial charge on any atom is -0.497 e. The number of benzene rings is 1. The van der Waals surface area contributed by atoms with Gasteiger partial charge in [-0.15, -0.1) is 0 Å². The zero-order chi connectivity index (χ0) is 13.5. The molecule has 2 rings (SSSR count). The van der Waals surface area contributed by atoms with Gasteiger partial charge in [-0.25, -0.2) is 0 Å². The Hall–Kier alpha value is -1.06. The number of hydrogen-bond donors (Lipinski definition) is 1. The number of fused-ring (bicyclic) bond motifs is 1. The molecule has 0 radical (unpaired) electrons. The van der Waals surface area contributed by atoms with E-state index in [4.69, 9.17) is 9.47 Å². The number of aryl methyl sites for hydroxylation is 1. The van der Waals surface area contributed by atoms with Crippen molar-refractivity contribution in [1.29, 1.82) is 0 Å². The number of hydrogen-bond acceptors (Lipinski definition) is 3. The van der Waals surface area contributed by atoms with E-state index in [2.05, 4.69) is 23.5 Å². The van der Waals surface area contributed by atoms with Crippen LogP contribution in [0.3, 0.4) is 0 Å². The summed E-state index contributed by atoms with van der Waals surface area (Å²) in [6, 6.07) is 6.96. The summed E-state index contributed by atoms with van der Waals surface area (Å²) in [5.74, 6) is 0.968. The van der Waals surface area contributed by atoms with Gasteiger partial charge in [0.25, 0.3) is 0 Å². The van der Waals surface area contributed by atoms with Crippen LogP contribution in [-0.2, 0) is 11.2 Å². The summed E-state index contributed by atoms with van der Waals surface area (Å²) in [5.41, 5.74) is 2.89. The minimum atomic E-state index is 0.497. The second kappa shape index (κ2) is 7.51. The molecule has 0 aliphatic heterocycles. The van der Waals surface area contributed by atoms with Gasteiger partial charge in [-0.2, -0.15) is 0 Å². The molecule has 106 valence electrons. The predicted molar refractivity (Wildman–Crippen MR) is 77.8 cm³/mol. The molecule has 1 unspecified atom stereocenters. The third-order valence-electron chi connectivity index (χ3n) is 3.72. The van der Waals surface area contributed by atoms with E-state index in [1.54, 1.807) is 7.11 Å². The maximum Gasteiger partial charge on any atom is 0.119 e. The predicted octanol–water partition coefficient (Wildman–Crippen LogP) is 3.09. The lowest BCUT2D eigenvalue weighted by Gasteiger charge is -2.27. The zero-order valence-electron chi connectivity index (χ0n) is 12.1. The number of methoxy groups -OCH3 is 1. The Labute approximate surface area is 116 Å². The van der Waals surface area contributed by atoms with Crippen LogP contribution in [0.2, 0.25) is 0 Å². The third kappa shape index (κ3) is 3.95. The van der Waals surface area contributed by atoms with E-state index < -0.39 is 0 Å². The lowest BCUT2D eigenvalue weighted by atomic mass is 9.87. The van der Waals surface area contributed by atoms with E-state index in [0.29, 0.717) is 6.04 Å². The van der Waals surface area contributed by atoms with Gasteiger partial charge in [-0.05, 0) is 62.4 Å². The average molecular weight is 263 g/mol. The highest BCUT2D eigenvalue weighted by Crippen LogP contribution is 2.32. The molecular weight excluding hydrogens is 238 g/mol. The van der Waals surface area contributed by atoms with E-state index in [9.17, 15) is 0 Å². The van der Waals surface area contributed by atoms with E-state index in [-0.39, 0.29) is 0 Å². The van der Waals surface area contributed by atoms with Crippen LogP contribution in [0, 0.1) is 0 Å². The molecule has 0 amide bonds. The first kappa shape index (κ1) is 14.4. The molecule has 1 aromatic rings. The van der Waals surface area contributed by atoms with Crippen LogP contribution in [0.4, 0.5) is 0 Å². The van der Waals surface area contributed by atoms with Gasteiger partial charge in [0.15, 0.2) is 0 Å². The van der Waals surface area contributed by atoms with Crippen LogP contribution in [0.1, 0.15) is 43.4 Å². The number of rotatable bonds is 7. The first-order chi connectivity index (χ1) is 9.35. The van der Waals surface area contributed by atoms with Crippen molar-refractivity contribution in [2.45, 2.75) is 38.6 Å². The fourth-order valence-corrected chi connectivity index (χ4v) is 2.72. The van der Waals surface area contributed by atoms with Crippen molar-refractivity contribution in [2.24, 2.45) is 0 Å². The van der Waals surface area contributed by atoms with Crippen LogP contribution in [0.15, 0.2) is 18.2 Å². The molecule has 0 saturated carbocycles. The van der Waals surface area contributed by atoms with E-state index in [1.807, 2.05) is 6.92 Å². The van der Waals surface area contributed by atoms with Crippen LogP contribution in [-0.4, -0.2) is 26.9 Å².